The number of carbonyl (C=O) groups excluding carboxylic acids is 3. The molecule has 21 nitrogen and oxygen atoms in total. The lowest BCUT2D eigenvalue weighted by Gasteiger charge is -2.35. The molecule has 1 saturated heterocycles. The van der Waals surface area contributed by atoms with Gasteiger partial charge in [0.2, 0.25) is 11.8 Å². The van der Waals surface area contributed by atoms with Gasteiger partial charge in [0.05, 0.1) is 48.6 Å². The SMILES string of the molecule is CCCOc1cc(OCCCCN(C)CC(=O)NCC(=O)NCCN2CCN(c3ccc(-c4cc(NC(C)C)c(C=N)c(C(=O)NCc5c(C)cc(C)[nH]c5=O)c4)cn3)CC2)cc(Oc2cc3c(cc2N)n(C)c(=O)n3C)c1. The summed E-state index contributed by atoms with van der Waals surface area (Å²) in [6.07, 6.45) is 5.29. The number of nitrogens with zero attached hydrogens (tertiary/aromatic N) is 6. The lowest BCUT2D eigenvalue weighted by Crippen LogP contribution is -2.49. The van der Waals surface area contributed by atoms with Crippen LogP contribution in [0.5, 0.6) is 23.0 Å². The van der Waals surface area contributed by atoms with Crippen LogP contribution in [-0.4, -0.2) is 138 Å². The molecule has 416 valence electrons. The Morgan fingerprint density at radius 1 is 0.859 bits per heavy atom. The molecular formula is C57H75N13O8. The molecule has 1 aliphatic rings. The van der Waals surface area contributed by atoms with Gasteiger partial charge in [-0.05, 0) is 108 Å². The van der Waals surface area contributed by atoms with Crippen LogP contribution in [0, 0.1) is 19.3 Å². The van der Waals surface area contributed by atoms with Crippen LogP contribution in [0.1, 0.15) is 72.8 Å². The molecule has 8 N–H and O–H groups in total. The zero-order chi connectivity index (χ0) is 56.0. The van der Waals surface area contributed by atoms with Crippen molar-refractivity contribution in [2.24, 2.45) is 14.1 Å². The number of H-pyrrole nitrogens is 1. The van der Waals surface area contributed by atoms with Gasteiger partial charge in [-0.25, -0.2) is 9.78 Å². The summed E-state index contributed by atoms with van der Waals surface area (Å²) in [4.78, 5) is 78.2. The maximum Gasteiger partial charge on any atom is 0.328 e. The molecule has 0 atom stereocenters. The van der Waals surface area contributed by atoms with Gasteiger partial charge in [-0.15, -0.1) is 0 Å². The van der Waals surface area contributed by atoms with Gasteiger partial charge in [-0.1, -0.05) is 6.92 Å². The number of nitrogens with one attached hydrogen (secondary N) is 6. The highest BCUT2D eigenvalue weighted by Crippen LogP contribution is 2.36. The highest BCUT2D eigenvalue weighted by molar-refractivity contribution is 6.06. The van der Waals surface area contributed by atoms with Gasteiger partial charge in [-0.2, -0.15) is 0 Å². The number of hydrogen-bond acceptors (Lipinski definition) is 15. The molecule has 3 amide bonds. The number of nitrogens with two attached hydrogens (primary N) is 1. The summed E-state index contributed by atoms with van der Waals surface area (Å²) < 4.78 is 21.3. The third-order valence-electron chi connectivity index (χ3n) is 13.5. The van der Waals surface area contributed by atoms with E-state index < -0.39 is 5.91 Å². The van der Waals surface area contributed by atoms with Crippen molar-refractivity contribution in [3.05, 3.63) is 116 Å². The second-order valence-electron chi connectivity index (χ2n) is 20.1. The fourth-order valence-corrected chi connectivity index (χ4v) is 9.30. The number of hydrogen-bond donors (Lipinski definition) is 7. The largest absolute Gasteiger partial charge is 0.493 e. The summed E-state index contributed by atoms with van der Waals surface area (Å²) >= 11 is 0. The van der Waals surface area contributed by atoms with Gasteiger partial charge in [0.25, 0.3) is 11.5 Å². The predicted molar refractivity (Wildman–Crippen MR) is 306 cm³/mol. The van der Waals surface area contributed by atoms with E-state index in [1.807, 2.05) is 76.9 Å². The Bertz CT molecular complexity index is 3210. The van der Waals surface area contributed by atoms with Gasteiger partial charge in [-0.3, -0.25) is 38.1 Å². The van der Waals surface area contributed by atoms with E-state index in [4.69, 9.17) is 30.3 Å². The van der Waals surface area contributed by atoms with Crippen LogP contribution in [-0.2, 0) is 30.2 Å². The molecule has 0 radical (unpaired) electrons. The predicted octanol–water partition coefficient (Wildman–Crippen LogP) is 5.30. The molecule has 0 unspecified atom stereocenters. The molecule has 1 aliphatic heterocycles. The van der Waals surface area contributed by atoms with Crippen LogP contribution in [0.15, 0.2) is 76.4 Å². The molecule has 0 bridgehead atoms. The third-order valence-corrected chi connectivity index (χ3v) is 13.5. The van der Waals surface area contributed by atoms with Gasteiger partial charge in [0.1, 0.15) is 23.1 Å². The lowest BCUT2D eigenvalue weighted by molar-refractivity contribution is -0.126. The number of fused-ring (bicyclic) bond motifs is 1. The number of aryl methyl sites for hydroxylation is 4. The summed E-state index contributed by atoms with van der Waals surface area (Å²) in [5.41, 5.74) is 12.7. The van der Waals surface area contributed by atoms with Crippen LogP contribution >= 0.6 is 0 Å². The maximum atomic E-state index is 13.7. The van der Waals surface area contributed by atoms with Crippen LogP contribution in [0.25, 0.3) is 22.2 Å². The van der Waals surface area contributed by atoms with E-state index in [0.717, 1.165) is 73.6 Å². The van der Waals surface area contributed by atoms with E-state index >= 15 is 0 Å². The minimum atomic E-state index is -0.398. The summed E-state index contributed by atoms with van der Waals surface area (Å²) in [5, 5.41) is 20.1. The first-order valence-electron chi connectivity index (χ1n) is 26.5. The molecular weight excluding hydrogens is 995 g/mol. The molecule has 4 heterocycles. The first kappa shape index (κ1) is 57.5. The third kappa shape index (κ3) is 15.1. The summed E-state index contributed by atoms with van der Waals surface area (Å²) in [6.45, 7) is 15.5. The molecule has 0 saturated carbocycles. The topological polar surface area (TPSA) is 259 Å². The van der Waals surface area contributed by atoms with Crippen LogP contribution in [0.4, 0.5) is 17.2 Å². The van der Waals surface area contributed by atoms with Crippen molar-refractivity contribution in [2.75, 3.05) is 95.1 Å². The fourth-order valence-electron chi connectivity index (χ4n) is 9.30. The number of nitrogen functional groups attached to an aromatic ring is 1. The molecule has 3 aromatic carbocycles. The maximum absolute atomic E-state index is 13.7. The Kier molecular flexibility index (Phi) is 19.7. The number of unbranched alkanes of at least 4 members (excludes halogenated alkanes) is 1. The monoisotopic (exact) mass is 1070 g/mol. The van der Waals surface area contributed by atoms with Crippen molar-refractivity contribution in [2.45, 2.75) is 66.5 Å². The molecule has 1 fully saturated rings. The molecule has 7 rings (SSSR count). The number of benzene rings is 3. The number of anilines is 3. The molecule has 6 aromatic rings. The van der Waals surface area contributed by atoms with Crippen LogP contribution < -0.4 is 57.4 Å². The Morgan fingerprint density at radius 3 is 2.23 bits per heavy atom. The number of pyridine rings is 2. The number of carbonyl (C=O) groups is 3. The highest BCUT2D eigenvalue weighted by atomic mass is 16.5. The van der Waals surface area contributed by atoms with Crippen molar-refractivity contribution in [1.29, 1.82) is 5.41 Å². The minimum Gasteiger partial charge on any atom is -0.493 e. The van der Waals surface area contributed by atoms with E-state index in [0.29, 0.717) is 94.9 Å². The zero-order valence-electron chi connectivity index (χ0n) is 46.1. The lowest BCUT2D eigenvalue weighted by atomic mass is 9.97. The quantitative estimate of drug-likeness (QED) is 0.0207. The van der Waals surface area contributed by atoms with Crippen molar-refractivity contribution in [3.63, 3.8) is 0 Å². The van der Waals surface area contributed by atoms with Crippen LogP contribution in [0.3, 0.4) is 0 Å². The van der Waals surface area contributed by atoms with Gasteiger partial charge in [0.15, 0.2) is 5.75 Å². The first-order chi connectivity index (χ1) is 37.4. The van der Waals surface area contributed by atoms with Crippen molar-refractivity contribution < 1.29 is 28.6 Å². The number of piperazine rings is 1. The summed E-state index contributed by atoms with van der Waals surface area (Å²) in [5.74, 6) is 1.99. The van der Waals surface area contributed by atoms with Crippen molar-refractivity contribution in [1.82, 2.24) is 44.9 Å². The highest BCUT2D eigenvalue weighted by Gasteiger charge is 2.22. The van der Waals surface area contributed by atoms with Crippen molar-refractivity contribution in [3.8, 4) is 34.1 Å². The standard InChI is InChI=1S/C57H75N13O8/c1-9-21-76-41-26-42(28-43(27-41)78-51-30-50-49(29-47(51)59)67(7)57(75)68(50)8)77-22-11-10-15-66(6)35-54(72)62-34-53(71)60-14-16-69-17-19-70(20-18-69)52-13-12-39(32-61-52)40-24-44(45(31-58)48(25-40)64-36(2)3)55(73)63-33-46-37(4)23-38(5)65-56(46)74/h12-13,23-32,36,58,64H,9-11,14-22,33-35,59H2,1-8H3,(H,60,71)(H,62,72)(H,63,73)(H,65,74). The number of amides is 3. The average Bonchev–Trinajstić information content (AvgIpc) is 3.77. The smallest absolute Gasteiger partial charge is 0.328 e. The molecule has 78 heavy (non-hydrogen) atoms. The van der Waals surface area contributed by atoms with Crippen molar-refractivity contribution >= 4 is 52.2 Å². The van der Waals surface area contributed by atoms with E-state index in [9.17, 15) is 24.0 Å². The zero-order valence-corrected chi connectivity index (χ0v) is 46.1. The molecule has 0 aliphatic carbocycles. The number of aromatic nitrogens is 4. The number of imidazole rings is 1. The van der Waals surface area contributed by atoms with Gasteiger partial charge in [0, 0.05) is 131 Å². The number of aromatic amines is 1. The average molecular weight is 1070 g/mol. The Hall–Kier alpha value is -8.17. The minimum absolute atomic E-state index is 0.0372. The summed E-state index contributed by atoms with van der Waals surface area (Å²) in [7, 11) is 5.26. The Labute approximate surface area is 454 Å². The van der Waals surface area contributed by atoms with E-state index in [-0.39, 0.29) is 48.7 Å². The normalized spacial score (nSPS) is 12.7. The van der Waals surface area contributed by atoms with E-state index in [1.54, 1.807) is 55.2 Å². The number of rotatable bonds is 26. The van der Waals surface area contributed by atoms with Crippen LogP contribution in [0.2, 0.25) is 0 Å². The number of likely N-dealkylation sites (N-methyl/N-ethyl adjacent to an activating group) is 1. The molecule has 0 spiro atoms. The second kappa shape index (κ2) is 26.7. The molecule has 3 aromatic heterocycles. The van der Waals surface area contributed by atoms with Gasteiger partial charge < -0.3 is 56.5 Å². The Morgan fingerprint density at radius 2 is 1.56 bits per heavy atom. The van der Waals surface area contributed by atoms with E-state index in [2.05, 4.69) is 36.1 Å². The second-order valence-corrected chi connectivity index (χ2v) is 20.1. The Balaban J connectivity index is 0.799. The summed E-state index contributed by atoms with van der Waals surface area (Å²) in [6, 6.07) is 18.4. The van der Waals surface area contributed by atoms with E-state index in [1.165, 1.54) is 10.8 Å². The first-order valence-corrected chi connectivity index (χ1v) is 26.5. The van der Waals surface area contributed by atoms with Gasteiger partial charge >= 0.3 is 5.69 Å². The fraction of sp³-hybridized carbons (Fsp3) is 0.421. The molecule has 21 heteroatoms. The number of ether oxygens (including phenoxy) is 3.